The van der Waals surface area contributed by atoms with E-state index in [1.54, 1.807) is 18.3 Å². The number of methoxy groups -OCH3 is 1. The summed E-state index contributed by atoms with van der Waals surface area (Å²) in [7, 11) is 0.324. The third kappa shape index (κ3) is 4.35. The molecule has 90 valence electrons. The molecule has 0 spiro atoms. The van der Waals surface area contributed by atoms with Crippen molar-refractivity contribution in [2.45, 2.75) is 12.7 Å². The number of esters is 1. The summed E-state index contributed by atoms with van der Waals surface area (Å²) in [6, 6.07) is 3.87. The van der Waals surface area contributed by atoms with Crippen molar-refractivity contribution < 1.29 is 13.7 Å². The maximum absolute atomic E-state index is 11.7. The van der Waals surface area contributed by atoms with Crippen molar-refractivity contribution >= 4 is 44.0 Å². The van der Waals surface area contributed by atoms with Gasteiger partial charge in [-0.15, -0.1) is 11.3 Å². The topological polar surface area (TPSA) is 43.4 Å². The van der Waals surface area contributed by atoms with Crippen molar-refractivity contribution in [3.63, 3.8) is 0 Å². The molecule has 6 heteroatoms. The molecule has 0 aromatic carbocycles. The highest BCUT2D eigenvalue weighted by Gasteiger charge is 2.16. The third-order valence-electron chi connectivity index (χ3n) is 1.97. The first-order chi connectivity index (χ1) is 7.52. The first-order valence-electron chi connectivity index (χ1n) is 4.70. The van der Waals surface area contributed by atoms with Gasteiger partial charge >= 0.3 is 5.97 Å². The number of hydrogen-bond donors (Lipinski definition) is 0. The SMILES string of the molecule is COC(=O)C(C)CS(=O)Cc1ccc(Br)s1. The third-order valence-corrected chi connectivity index (χ3v) is 5.28. The summed E-state index contributed by atoms with van der Waals surface area (Å²) < 4.78 is 17.4. The molecule has 1 rings (SSSR count). The number of carbonyl (C=O) groups excluding carboxylic acids is 1. The Morgan fingerprint density at radius 1 is 1.62 bits per heavy atom. The molecule has 0 saturated heterocycles. The fraction of sp³-hybridized carbons (Fsp3) is 0.500. The molecule has 0 fully saturated rings. The highest BCUT2D eigenvalue weighted by atomic mass is 79.9. The molecular weight excluding hydrogens is 312 g/mol. The van der Waals surface area contributed by atoms with Crippen LogP contribution in [0.1, 0.15) is 11.8 Å². The molecular formula is C10H13BrO3S2. The fourth-order valence-electron chi connectivity index (χ4n) is 1.19. The van der Waals surface area contributed by atoms with Gasteiger partial charge in [0.25, 0.3) is 0 Å². The molecule has 1 aromatic heterocycles. The molecule has 0 N–H and O–H groups in total. The van der Waals surface area contributed by atoms with Gasteiger partial charge in [0.2, 0.25) is 0 Å². The largest absolute Gasteiger partial charge is 0.469 e. The van der Waals surface area contributed by atoms with E-state index in [0.29, 0.717) is 11.5 Å². The summed E-state index contributed by atoms with van der Waals surface area (Å²) in [5, 5.41) is 0. The zero-order valence-corrected chi connectivity index (χ0v) is 12.3. The average molecular weight is 325 g/mol. The predicted molar refractivity (Wildman–Crippen MR) is 69.9 cm³/mol. The van der Waals surface area contributed by atoms with Crippen molar-refractivity contribution in [1.29, 1.82) is 0 Å². The van der Waals surface area contributed by atoms with Crippen molar-refractivity contribution in [2.24, 2.45) is 5.92 Å². The Labute approximate surface area is 110 Å². The van der Waals surface area contributed by atoms with Crippen LogP contribution in [0.25, 0.3) is 0 Å². The molecule has 3 nitrogen and oxygen atoms in total. The quantitative estimate of drug-likeness (QED) is 0.782. The Kier molecular flexibility index (Phi) is 5.64. The number of thiophene rings is 1. The molecule has 0 amide bonds. The van der Waals surface area contributed by atoms with Crippen LogP contribution in [-0.4, -0.2) is 23.0 Å². The zero-order valence-electron chi connectivity index (χ0n) is 9.07. The predicted octanol–water partition coefficient (Wildman–Crippen LogP) is 2.57. The Balaban J connectivity index is 2.45. The second-order valence-electron chi connectivity index (χ2n) is 3.38. The van der Waals surface area contributed by atoms with Crippen LogP contribution in [0.4, 0.5) is 0 Å². The van der Waals surface area contributed by atoms with Crippen LogP contribution in [0.3, 0.4) is 0 Å². The highest BCUT2D eigenvalue weighted by Crippen LogP contribution is 2.23. The molecule has 0 bridgehead atoms. The van der Waals surface area contributed by atoms with E-state index < -0.39 is 10.8 Å². The molecule has 16 heavy (non-hydrogen) atoms. The van der Waals surface area contributed by atoms with E-state index in [0.717, 1.165) is 8.66 Å². The monoisotopic (exact) mass is 324 g/mol. The Bertz CT molecular complexity index is 389. The van der Waals surface area contributed by atoms with Crippen LogP contribution in [0.2, 0.25) is 0 Å². The zero-order chi connectivity index (χ0) is 12.1. The average Bonchev–Trinajstić information content (AvgIpc) is 2.62. The first kappa shape index (κ1) is 13.9. The summed E-state index contributed by atoms with van der Waals surface area (Å²) in [6.07, 6.45) is 0. The summed E-state index contributed by atoms with van der Waals surface area (Å²) in [5.74, 6) is 0.231. The Morgan fingerprint density at radius 3 is 2.81 bits per heavy atom. The lowest BCUT2D eigenvalue weighted by Crippen LogP contribution is -2.19. The van der Waals surface area contributed by atoms with Crippen molar-refractivity contribution in [2.75, 3.05) is 12.9 Å². The van der Waals surface area contributed by atoms with Gasteiger partial charge in [0.15, 0.2) is 0 Å². The molecule has 0 aliphatic heterocycles. The van der Waals surface area contributed by atoms with E-state index in [-0.39, 0.29) is 11.9 Å². The van der Waals surface area contributed by atoms with Crippen LogP contribution < -0.4 is 0 Å². The first-order valence-corrected chi connectivity index (χ1v) is 7.79. The standard InChI is InChI=1S/C10H13BrO3S2/c1-7(10(12)14-2)5-16(13)6-8-3-4-9(11)15-8/h3-4,7H,5-6H2,1-2H3. The van der Waals surface area contributed by atoms with Crippen LogP contribution in [0, 0.1) is 5.92 Å². The fourth-order valence-corrected chi connectivity index (χ4v) is 4.33. The van der Waals surface area contributed by atoms with Gasteiger partial charge in [-0.05, 0) is 28.1 Å². The number of rotatable bonds is 5. The van der Waals surface area contributed by atoms with Crippen LogP contribution >= 0.6 is 27.3 Å². The minimum Gasteiger partial charge on any atom is -0.469 e. The van der Waals surface area contributed by atoms with Gasteiger partial charge in [0.1, 0.15) is 0 Å². The van der Waals surface area contributed by atoms with Gasteiger partial charge in [-0.3, -0.25) is 9.00 Å². The summed E-state index contributed by atoms with van der Waals surface area (Å²) in [4.78, 5) is 12.2. The Morgan fingerprint density at radius 2 is 2.31 bits per heavy atom. The smallest absolute Gasteiger partial charge is 0.309 e. The second kappa shape index (κ2) is 6.51. The summed E-state index contributed by atoms with van der Waals surface area (Å²) in [6.45, 7) is 1.73. The van der Waals surface area contributed by atoms with E-state index in [9.17, 15) is 9.00 Å². The van der Waals surface area contributed by atoms with Crippen LogP contribution in [-0.2, 0) is 26.1 Å². The molecule has 2 atom stereocenters. The van der Waals surface area contributed by atoms with E-state index in [2.05, 4.69) is 20.7 Å². The van der Waals surface area contributed by atoms with Crippen LogP contribution in [0.15, 0.2) is 15.9 Å². The second-order valence-corrected chi connectivity index (χ2v) is 7.43. The van der Waals surface area contributed by atoms with Gasteiger partial charge < -0.3 is 4.74 Å². The number of halogens is 1. The maximum Gasteiger partial charge on any atom is 0.309 e. The van der Waals surface area contributed by atoms with Crippen LogP contribution in [0.5, 0.6) is 0 Å². The molecule has 0 saturated carbocycles. The lowest BCUT2D eigenvalue weighted by molar-refractivity contribution is -0.144. The minimum absolute atomic E-state index is 0.305. The maximum atomic E-state index is 11.7. The molecule has 0 radical (unpaired) electrons. The van der Waals surface area contributed by atoms with Gasteiger partial charge in [0.05, 0.1) is 22.6 Å². The number of ether oxygens (including phenoxy) is 1. The summed E-state index contributed by atoms with van der Waals surface area (Å²) in [5.41, 5.74) is 0. The number of carbonyl (C=O) groups is 1. The normalized spacial score (nSPS) is 14.4. The van der Waals surface area contributed by atoms with E-state index in [1.165, 1.54) is 7.11 Å². The van der Waals surface area contributed by atoms with Crippen molar-refractivity contribution in [3.05, 3.63) is 20.8 Å². The van der Waals surface area contributed by atoms with Gasteiger partial charge in [-0.1, -0.05) is 6.92 Å². The molecule has 0 aliphatic rings. The lowest BCUT2D eigenvalue weighted by Gasteiger charge is -2.07. The van der Waals surface area contributed by atoms with Crippen molar-refractivity contribution in [1.82, 2.24) is 0 Å². The van der Waals surface area contributed by atoms with E-state index in [4.69, 9.17) is 0 Å². The summed E-state index contributed by atoms with van der Waals surface area (Å²) >= 11 is 4.92. The highest BCUT2D eigenvalue weighted by molar-refractivity contribution is 9.11. The van der Waals surface area contributed by atoms with E-state index in [1.807, 2.05) is 12.1 Å². The molecule has 2 unspecified atom stereocenters. The molecule has 0 aliphatic carbocycles. The van der Waals surface area contributed by atoms with Gasteiger partial charge in [0, 0.05) is 21.4 Å². The molecule has 1 heterocycles. The van der Waals surface area contributed by atoms with Gasteiger partial charge in [-0.2, -0.15) is 0 Å². The Hall–Kier alpha value is -0.200. The van der Waals surface area contributed by atoms with Gasteiger partial charge in [-0.25, -0.2) is 0 Å². The van der Waals surface area contributed by atoms with E-state index >= 15 is 0 Å². The minimum atomic E-state index is -1.02. The number of hydrogen-bond acceptors (Lipinski definition) is 4. The lowest BCUT2D eigenvalue weighted by atomic mass is 10.2. The molecule has 1 aromatic rings. The van der Waals surface area contributed by atoms with Crippen molar-refractivity contribution in [3.8, 4) is 0 Å².